The van der Waals surface area contributed by atoms with Gasteiger partial charge in [0, 0.05) is 18.8 Å². The number of piperidine rings is 1. The van der Waals surface area contributed by atoms with Crippen LogP contribution < -0.4 is 5.32 Å². The molecule has 5 nitrogen and oxygen atoms in total. The molecule has 0 aliphatic carbocycles. The van der Waals surface area contributed by atoms with Gasteiger partial charge in [0.1, 0.15) is 0 Å². The SMILES string of the molecule is C=CCNC(=O)CN1CCC(Cn2nc(C)cc2C)CC1. The van der Waals surface area contributed by atoms with Crippen LogP contribution in [-0.2, 0) is 11.3 Å². The molecule has 2 rings (SSSR count). The lowest BCUT2D eigenvalue weighted by atomic mass is 9.97. The standard InChI is InChI=1S/C16H26N4O/c1-4-7-17-16(21)12-19-8-5-15(6-9-19)11-20-14(3)10-13(2)18-20/h4,10,15H,1,5-9,11-12H2,2-3H3,(H,17,21). The Balaban J connectivity index is 1.74. The smallest absolute Gasteiger partial charge is 0.234 e. The molecule has 0 bridgehead atoms. The van der Waals surface area contributed by atoms with Crippen molar-refractivity contribution >= 4 is 5.91 Å². The predicted molar refractivity (Wildman–Crippen MR) is 84.1 cm³/mol. The van der Waals surface area contributed by atoms with E-state index in [1.54, 1.807) is 6.08 Å². The molecule has 5 heteroatoms. The predicted octanol–water partition coefficient (Wildman–Crippen LogP) is 1.51. The van der Waals surface area contributed by atoms with Gasteiger partial charge >= 0.3 is 0 Å². The molecule has 1 aromatic rings. The fraction of sp³-hybridized carbons (Fsp3) is 0.625. The minimum Gasteiger partial charge on any atom is -0.352 e. The van der Waals surface area contributed by atoms with Crippen LogP contribution >= 0.6 is 0 Å². The van der Waals surface area contributed by atoms with Crippen LogP contribution in [0, 0.1) is 19.8 Å². The van der Waals surface area contributed by atoms with Crippen LogP contribution in [0.1, 0.15) is 24.2 Å². The van der Waals surface area contributed by atoms with E-state index in [2.05, 4.69) is 39.6 Å². The topological polar surface area (TPSA) is 50.2 Å². The third kappa shape index (κ3) is 4.70. The highest BCUT2D eigenvalue weighted by atomic mass is 16.2. The van der Waals surface area contributed by atoms with Gasteiger partial charge in [-0.1, -0.05) is 6.08 Å². The average molecular weight is 290 g/mol. The van der Waals surface area contributed by atoms with Crippen LogP contribution in [-0.4, -0.2) is 46.8 Å². The van der Waals surface area contributed by atoms with E-state index in [-0.39, 0.29) is 5.91 Å². The Kier molecular flexibility index (Phi) is 5.56. The second-order valence-corrected chi connectivity index (χ2v) is 5.92. The Morgan fingerprint density at radius 1 is 1.48 bits per heavy atom. The van der Waals surface area contributed by atoms with Crippen molar-refractivity contribution in [2.45, 2.75) is 33.2 Å². The summed E-state index contributed by atoms with van der Waals surface area (Å²) in [4.78, 5) is 13.9. The minimum absolute atomic E-state index is 0.0897. The van der Waals surface area contributed by atoms with E-state index in [0.29, 0.717) is 19.0 Å². The maximum atomic E-state index is 11.7. The highest BCUT2D eigenvalue weighted by molar-refractivity contribution is 5.78. The second-order valence-electron chi connectivity index (χ2n) is 5.92. The lowest BCUT2D eigenvalue weighted by Gasteiger charge is -2.31. The summed E-state index contributed by atoms with van der Waals surface area (Å²) < 4.78 is 2.12. The third-order valence-corrected chi connectivity index (χ3v) is 4.05. The van der Waals surface area contributed by atoms with Gasteiger partial charge < -0.3 is 5.32 Å². The van der Waals surface area contributed by atoms with Crippen LogP contribution in [0.15, 0.2) is 18.7 Å². The number of carbonyl (C=O) groups is 1. The summed E-state index contributed by atoms with van der Waals surface area (Å²) in [5.74, 6) is 0.752. The molecule has 0 saturated carbocycles. The molecule has 1 fully saturated rings. The molecule has 116 valence electrons. The summed E-state index contributed by atoms with van der Waals surface area (Å²) in [5.41, 5.74) is 2.32. The summed E-state index contributed by atoms with van der Waals surface area (Å²) in [6.45, 7) is 11.8. The normalized spacial score (nSPS) is 16.9. The number of nitrogens with one attached hydrogen (secondary N) is 1. The highest BCUT2D eigenvalue weighted by Gasteiger charge is 2.21. The Labute approximate surface area is 127 Å². The van der Waals surface area contributed by atoms with Gasteiger partial charge in [0.2, 0.25) is 5.91 Å². The van der Waals surface area contributed by atoms with Gasteiger partial charge in [-0.2, -0.15) is 5.10 Å². The molecular weight excluding hydrogens is 264 g/mol. The Bertz CT molecular complexity index is 486. The quantitative estimate of drug-likeness (QED) is 0.808. The molecular formula is C16H26N4O. The molecule has 1 aliphatic heterocycles. The molecule has 1 amide bonds. The Hall–Kier alpha value is -1.62. The van der Waals surface area contributed by atoms with E-state index in [9.17, 15) is 4.79 Å². The van der Waals surface area contributed by atoms with E-state index in [0.717, 1.165) is 38.2 Å². The molecule has 1 aromatic heterocycles. The third-order valence-electron chi connectivity index (χ3n) is 4.05. The van der Waals surface area contributed by atoms with Crippen molar-refractivity contribution in [3.8, 4) is 0 Å². The number of likely N-dealkylation sites (tertiary alicyclic amines) is 1. The van der Waals surface area contributed by atoms with E-state index < -0.39 is 0 Å². The summed E-state index contributed by atoms with van der Waals surface area (Å²) in [7, 11) is 0. The van der Waals surface area contributed by atoms with Gasteiger partial charge in [-0.3, -0.25) is 14.4 Å². The number of carbonyl (C=O) groups excluding carboxylic acids is 1. The van der Waals surface area contributed by atoms with Crippen LogP contribution in [0.2, 0.25) is 0 Å². The second kappa shape index (κ2) is 7.41. The van der Waals surface area contributed by atoms with Crippen molar-refractivity contribution in [1.29, 1.82) is 0 Å². The molecule has 0 spiro atoms. The molecule has 0 radical (unpaired) electrons. The summed E-state index contributed by atoms with van der Waals surface area (Å²) >= 11 is 0. The number of hydrogen-bond acceptors (Lipinski definition) is 3. The van der Waals surface area contributed by atoms with Gasteiger partial charge in [0.15, 0.2) is 0 Å². The first-order chi connectivity index (χ1) is 10.1. The number of amides is 1. The maximum Gasteiger partial charge on any atom is 0.234 e. The number of hydrogen-bond donors (Lipinski definition) is 1. The fourth-order valence-corrected chi connectivity index (χ4v) is 2.88. The number of aryl methyl sites for hydroxylation is 2. The molecule has 1 saturated heterocycles. The van der Waals surface area contributed by atoms with Gasteiger partial charge in [0.05, 0.1) is 12.2 Å². The summed E-state index contributed by atoms with van der Waals surface area (Å²) in [6, 6.07) is 2.12. The van der Waals surface area contributed by atoms with Gasteiger partial charge in [0.25, 0.3) is 0 Å². The molecule has 1 N–H and O–H groups in total. The largest absolute Gasteiger partial charge is 0.352 e. The summed E-state index contributed by atoms with van der Waals surface area (Å²) in [6.07, 6.45) is 3.97. The first kappa shape index (κ1) is 15.8. The van der Waals surface area contributed by atoms with Gasteiger partial charge in [-0.05, 0) is 51.8 Å². The molecule has 0 atom stereocenters. The lowest BCUT2D eigenvalue weighted by Crippen LogP contribution is -2.42. The van der Waals surface area contributed by atoms with E-state index in [1.165, 1.54) is 5.69 Å². The first-order valence-corrected chi connectivity index (χ1v) is 7.69. The fourth-order valence-electron chi connectivity index (χ4n) is 2.88. The van der Waals surface area contributed by atoms with Crippen molar-refractivity contribution in [2.75, 3.05) is 26.2 Å². The van der Waals surface area contributed by atoms with Crippen molar-refractivity contribution in [2.24, 2.45) is 5.92 Å². The molecule has 2 heterocycles. The molecule has 0 unspecified atom stereocenters. The van der Waals surface area contributed by atoms with Crippen LogP contribution in [0.4, 0.5) is 0 Å². The van der Waals surface area contributed by atoms with E-state index >= 15 is 0 Å². The lowest BCUT2D eigenvalue weighted by molar-refractivity contribution is -0.122. The number of nitrogens with zero attached hydrogens (tertiary/aromatic N) is 3. The Morgan fingerprint density at radius 3 is 2.76 bits per heavy atom. The van der Waals surface area contributed by atoms with Gasteiger partial charge in [-0.15, -0.1) is 6.58 Å². The van der Waals surface area contributed by atoms with Crippen LogP contribution in [0.25, 0.3) is 0 Å². The molecule has 1 aliphatic rings. The monoisotopic (exact) mass is 290 g/mol. The average Bonchev–Trinajstić information content (AvgIpc) is 2.77. The maximum absolute atomic E-state index is 11.7. The Morgan fingerprint density at radius 2 is 2.19 bits per heavy atom. The van der Waals surface area contributed by atoms with E-state index in [4.69, 9.17) is 0 Å². The zero-order chi connectivity index (χ0) is 15.2. The van der Waals surface area contributed by atoms with E-state index in [1.807, 2.05) is 6.92 Å². The van der Waals surface area contributed by atoms with Crippen LogP contribution in [0.5, 0.6) is 0 Å². The first-order valence-electron chi connectivity index (χ1n) is 7.69. The van der Waals surface area contributed by atoms with Crippen molar-refractivity contribution in [3.63, 3.8) is 0 Å². The zero-order valence-corrected chi connectivity index (χ0v) is 13.1. The zero-order valence-electron chi connectivity index (χ0n) is 13.1. The van der Waals surface area contributed by atoms with Crippen LogP contribution in [0.3, 0.4) is 0 Å². The number of aromatic nitrogens is 2. The number of rotatable bonds is 6. The van der Waals surface area contributed by atoms with Crippen molar-refractivity contribution < 1.29 is 4.79 Å². The van der Waals surface area contributed by atoms with Crippen molar-refractivity contribution in [3.05, 3.63) is 30.1 Å². The molecule has 0 aromatic carbocycles. The summed E-state index contributed by atoms with van der Waals surface area (Å²) in [5, 5.41) is 7.36. The highest BCUT2D eigenvalue weighted by Crippen LogP contribution is 2.19. The minimum atomic E-state index is 0.0897. The molecule has 21 heavy (non-hydrogen) atoms. The van der Waals surface area contributed by atoms with Gasteiger partial charge in [-0.25, -0.2) is 0 Å². The van der Waals surface area contributed by atoms with Crippen molar-refractivity contribution in [1.82, 2.24) is 20.0 Å².